The number of halogens is 1. The average Bonchev–Trinajstić information content (AvgIpc) is 2.46. The number of nitrogens with one attached hydrogen (secondary N) is 3. The number of carbonyl (C=O) groups excluding carboxylic acids is 1. The first-order chi connectivity index (χ1) is 10.7. The maximum Gasteiger partial charge on any atom is 0.253 e. The number of sulfonamides is 1. The van der Waals surface area contributed by atoms with Crippen LogP contribution in [0.25, 0.3) is 0 Å². The molecule has 0 unspecified atom stereocenters. The summed E-state index contributed by atoms with van der Waals surface area (Å²) in [5.74, 6) is -0.250. The molecule has 1 heterocycles. The smallest absolute Gasteiger partial charge is 0.253 e. The fourth-order valence-electron chi connectivity index (χ4n) is 2.73. The Balaban J connectivity index is 0.00000288. The summed E-state index contributed by atoms with van der Waals surface area (Å²) in [4.78, 5) is 12.5. The van der Waals surface area contributed by atoms with Crippen molar-refractivity contribution in [2.24, 2.45) is 5.41 Å². The molecule has 0 spiro atoms. The molecule has 0 atom stereocenters. The van der Waals surface area contributed by atoms with E-state index in [1.54, 1.807) is 18.2 Å². The molecule has 136 valence electrons. The zero-order valence-electron chi connectivity index (χ0n) is 14.3. The molecule has 3 N–H and O–H groups in total. The molecule has 0 aliphatic carbocycles. The molecule has 2 rings (SSSR count). The van der Waals surface area contributed by atoms with Gasteiger partial charge in [-0.25, -0.2) is 8.42 Å². The highest BCUT2D eigenvalue weighted by Gasteiger charge is 2.27. The van der Waals surface area contributed by atoms with Gasteiger partial charge in [0.15, 0.2) is 0 Å². The molecule has 0 saturated carbocycles. The summed E-state index contributed by atoms with van der Waals surface area (Å²) in [5.41, 5.74) is 1.65. The number of carbonyl (C=O) groups is 1. The Bertz CT molecular complexity index is 686. The molecule has 1 amide bonds. The molecule has 6 nitrogen and oxygen atoms in total. The fraction of sp³-hybridized carbons (Fsp3) is 0.562. The first-order valence-electron chi connectivity index (χ1n) is 7.76. The minimum absolute atomic E-state index is 0. The first kappa shape index (κ1) is 20.7. The van der Waals surface area contributed by atoms with Crippen LogP contribution in [-0.4, -0.2) is 40.2 Å². The number of anilines is 1. The van der Waals surface area contributed by atoms with Gasteiger partial charge in [0.1, 0.15) is 0 Å². The van der Waals surface area contributed by atoms with Gasteiger partial charge in [0, 0.05) is 6.54 Å². The molecule has 1 saturated heterocycles. The summed E-state index contributed by atoms with van der Waals surface area (Å²) in [6.07, 6.45) is 3.09. The van der Waals surface area contributed by atoms with Crippen molar-refractivity contribution in [3.05, 3.63) is 29.3 Å². The van der Waals surface area contributed by atoms with Gasteiger partial charge in [-0.3, -0.25) is 9.52 Å². The number of hydrogen-bond donors (Lipinski definition) is 3. The van der Waals surface area contributed by atoms with Gasteiger partial charge in [0.25, 0.3) is 5.91 Å². The van der Waals surface area contributed by atoms with E-state index in [9.17, 15) is 13.2 Å². The second-order valence-corrected chi connectivity index (χ2v) is 8.42. The summed E-state index contributed by atoms with van der Waals surface area (Å²) in [6, 6.07) is 5.10. The Kier molecular flexibility index (Phi) is 7.07. The minimum Gasteiger partial charge on any atom is -0.351 e. The van der Waals surface area contributed by atoms with Gasteiger partial charge in [0.05, 0.1) is 17.5 Å². The molecule has 0 radical (unpaired) electrons. The molecule has 0 aromatic heterocycles. The molecule has 1 aromatic carbocycles. The van der Waals surface area contributed by atoms with E-state index < -0.39 is 10.0 Å². The van der Waals surface area contributed by atoms with Gasteiger partial charge in [-0.05, 0) is 50.4 Å². The number of rotatable bonds is 5. The number of piperidine rings is 1. The number of benzene rings is 1. The van der Waals surface area contributed by atoms with Crippen LogP contribution in [0.15, 0.2) is 18.2 Å². The molecule has 1 fully saturated rings. The van der Waals surface area contributed by atoms with E-state index in [1.807, 2.05) is 6.92 Å². The lowest BCUT2D eigenvalue weighted by Crippen LogP contribution is -2.43. The SMILES string of the molecule is Cc1ccc(NS(C)(=O)=O)c(C(=O)NCC2(C)CCNCC2)c1.Cl. The maximum absolute atomic E-state index is 12.5. The molecule has 8 heteroatoms. The lowest BCUT2D eigenvalue weighted by atomic mass is 9.81. The van der Waals surface area contributed by atoms with E-state index in [0.29, 0.717) is 17.8 Å². The predicted octanol–water partition coefficient (Wildman–Crippen LogP) is 1.91. The van der Waals surface area contributed by atoms with Crippen molar-refractivity contribution in [3.63, 3.8) is 0 Å². The van der Waals surface area contributed by atoms with Crippen molar-refractivity contribution >= 4 is 34.0 Å². The van der Waals surface area contributed by atoms with E-state index >= 15 is 0 Å². The molecule has 1 aliphatic rings. The zero-order valence-corrected chi connectivity index (χ0v) is 15.9. The monoisotopic (exact) mass is 375 g/mol. The van der Waals surface area contributed by atoms with Crippen LogP contribution in [0.2, 0.25) is 0 Å². The summed E-state index contributed by atoms with van der Waals surface area (Å²) in [6.45, 7) is 6.53. The van der Waals surface area contributed by atoms with Crippen LogP contribution in [-0.2, 0) is 10.0 Å². The first-order valence-corrected chi connectivity index (χ1v) is 9.65. The van der Waals surface area contributed by atoms with E-state index in [0.717, 1.165) is 37.8 Å². The predicted molar refractivity (Wildman–Crippen MR) is 99.4 cm³/mol. The highest BCUT2D eigenvalue weighted by Crippen LogP contribution is 2.27. The Morgan fingerprint density at radius 3 is 2.50 bits per heavy atom. The number of hydrogen-bond acceptors (Lipinski definition) is 4. The topological polar surface area (TPSA) is 87.3 Å². The van der Waals surface area contributed by atoms with E-state index in [-0.39, 0.29) is 23.7 Å². The zero-order chi connectivity index (χ0) is 17.1. The Morgan fingerprint density at radius 1 is 1.29 bits per heavy atom. The van der Waals surface area contributed by atoms with Crippen molar-refractivity contribution in [2.45, 2.75) is 26.7 Å². The standard InChI is InChI=1S/C16H25N3O3S.ClH/c1-12-4-5-14(19-23(3,21)22)13(10-12)15(20)18-11-16(2)6-8-17-9-7-16;/h4-5,10,17,19H,6-9,11H2,1-3H3,(H,18,20);1H. The molecule has 1 aromatic rings. The summed E-state index contributed by atoms with van der Waals surface area (Å²) >= 11 is 0. The van der Waals surface area contributed by atoms with E-state index in [4.69, 9.17) is 0 Å². The fourth-order valence-corrected chi connectivity index (χ4v) is 3.31. The van der Waals surface area contributed by atoms with Gasteiger partial charge in [-0.2, -0.15) is 0 Å². The second kappa shape index (κ2) is 8.18. The third-order valence-electron chi connectivity index (χ3n) is 4.20. The van der Waals surface area contributed by atoms with Crippen LogP contribution >= 0.6 is 12.4 Å². The van der Waals surface area contributed by atoms with Crippen molar-refractivity contribution in [1.29, 1.82) is 0 Å². The molecule has 1 aliphatic heterocycles. The largest absolute Gasteiger partial charge is 0.351 e. The number of amides is 1. The van der Waals surface area contributed by atoms with Crippen LogP contribution in [0.1, 0.15) is 35.7 Å². The Hall–Kier alpha value is -1.31. The molecular formula is C16H26ClN3O3S. The Labute approximate surface area is 150 Å². The third-order valence-corrected chi connectivity index (χ3v) is 4.79. The van der Waals surface area contributed by atoms with Crippen LogP contribution in [0.3, 0.4) is 0 Å². The van der Waals surface area contributed by atoms with E-state index in [1.165, 1.54) is 0 Å². The second-order valence-electron chi connectivity index (χ2n) is 6.67. The van der Waals surface area contributed by atoms with Crippen molar-refractivity contribution in [1.82, 2.24) is 10.6 Å². The summed E-state index contributed by atoms with van der Waals surface area (Å²) < 4.78 is 25.3. The van der Waals surface area contributed by atoms with Crippen LogP contribution in [0, 0.1) is 12.3 Å². The highest BCUT2D eigenvalue weighted by atomic mass is 35.5. The number of aryl methyl sites for hydroxylation is 1. The third kappa shape index (κ3) is 5.96. The van der Waals surface area contributed by atoms with Crippen LogP contribution in [0.4, 0.5) is 5.69 Å². The van der Waals surface area contributed by atoms with Crippen molar-refractivity contribution in [3.8, 4) is 0 Å². The van der Waals surface area contributed by atoms with Gasteiger partial charge in [-0.15, -0.1) is 12.4 Å². The van der Waals surface area contributed by atoms with Gasteiger partial charge < -0.3 is 10.6 Å². The quantitative estimate of drug-likeness (QED) is 0.733. The summed E-state index contributed by atoms with van der Waals surface area (Å²) in [5, 5.41) is 6.27. The molecule has 24 heavy (non-hydrogen) atoms. The summed E-state index contributed by atoms with van der Waals surface area (Å²) in [7, 11) is -3.43. The van der Waals surface area contributed by atoms with Crippen LogP contribution in [0.5, 0.6) is 0 Å². The average molecular weight is 376 g/mol. The van der Waals surface area contributed by atoms with Crippen molar-refractivity contribution in [2.75, 3.05) is 30.6 Å². The normalized spacial score (nSPS) is 16.8. The van der Waals surface area contributed by atoms with Crippen molar-refractivity contribution < 1.29 is 13.2 Å². The van der Waals surface area contributed by atoms with Gasteiger partial charge in [0.2, 0.25) is 10.0 Å². The van der Waals surface area contributed by atoms with Crippen LogP contribution < -0.4 is 15.4 Å². The lowest BCUT2D eigenvalue weighted by Gasteiger charge is -2.34. The highest BCUT2D eigenvalue weighted by molar-refractivity contribution is 7.92. The maximum atomic E-state index is 12.5. The minimum atomic E-state index is -3.43. The lowest BCUT2D eigenvalue weighted by molar-refractivity contribution is 0.0923. The molecule has 0 bridgehead atoms. The van der Waals surface area contributed by atoms with E-state index in [2.05, 4.69) is 22.3 Å². The Morgan fingerprint density at radius 2 is 1.92 bits per heavy atom. The molecular weight excluding hydrogens is 350 g/mol. The van der Waals surface area contributed by atoms with Gasteiger partial charge in [-0.1, -0.05) is 18.6 Å². The van der Waals surface area contributed by atoms with Gasteiger partial charge >= 0.3 is 0 Å².